The van der Waals surface area contributed by atoms with E-state index in [1.807, 2.05) is 12.1 Å². The number of hydrogen-bond acceptors (Lipinski definition) is 4. The summed E-state index contributed by atoms with van der Waals surface area (Å²) in [5.41, 5.74) is 1.28. The number of hydrogen-bond donors (Lipinski definition) is 0. The third kappa shape index (κ3) is 2.47. The van der Waals surface area contributed by atoms with Gasteiger partial charge in [-0.15, -0.1) is 0 Å². The molecule has 118 valence electrons. The second-order valence-corrected chi connectivity index (χ2v) is 7.04. The summed E-state index contributed by atoms with van der Waals surface area (Å²) in [6.45, 7) is 4.33. The standard InChI is InChI=1S/C17H23N3O2/c21-20(22)16-5-3-15(4-6-16)18-7-9-19(10-8-18)17-12-13-1-2-14(17)11-13/h3-6,13-14,17H,1-2,7-12H2/t13-,14-,17+/m0/s1. The van der Waals surface area contributed by atoms with Crippen molar-refractivity contribution in [1.82, 2.24) is 4.90 Å². The Morgan fingerprint density at radius 3 is 2.27 bits per heavy atom. The van der Waals surface area contributed by atoms with Crippen molar-refractivity contribution < 1.29 is 4.92 Å². The van der Waals surface area contributed by atoms with Crippen LogP contribution in [0.5, 0.6) is 0 Å². The minimum atomic E-state index is -0.336. The Labute approximate surface area is 131 Å². The Morgan fingerprint density at radius 2 is 1.73 bits per heavy atom. The molecule has 5 nitrogen and oxygen atoms in total. The fourth-order valence-electron chi connectivity index (χ4n) is 4.76. The van der Waals surface area contributed by atoms with Crippen molar-refractivity contribution in [1.29, 1.82) is 0 Å². The van der Waals surface area contributed by atoms with E-state index < -0.39 is 0 Å². The number of fused-ring (bicyclic) bond motifs is 2. The van der Waals surface area contributed by atoms with Gasteiger partial charge in [0.15, 0.2) is 0 Å². The van der Waals surface area contributed by atoms with Crippen molar-refractivity contribution in [2.45, 2.75) is 31.7 Å². The van der Waals surface area contributed by atoms with Crippen molar-refractivity contribution >= 4 is 11.4 Å². The Kier molecular flexibility index (Phi) is 3.53. The average Bonchev–Trinajstić information content (AvgIpc) is 3.18. The van der Waals surface area contributed by atoms with Crippen LogP contribution in [0.3, 0.4) is 0 Å². The Morgan fingerprint density at radius 1 is 1.00 bits per heavy atom. The lowest BCUT2D eigenvalue weighted by Gasteiger charge is -2.41. The second-order valence-electron chi connectivity index (χ2n) is 7.04. The summed E-state index contributed by atoms with van der Waals surface area (Å²) in [6, 6.07) is 7.81. The van der Waals surface area contributed by atoms with Crippen LogP contribution in [0.1, 0.15) is 25.7 Å². The highest BCUT2D eigenvalue weighted by atomic mass is 16.6. The molecule has 1 aliphatic heterocycles. The Hall–Kier alpha value is -1.62. The zero-order valence-corrected chi connectivity index (χ0v) is 12.9. The average molecular weight is 301 g/mol. The number of piperazine rings is 1. The highest BCUT2D eigenvalue weighted by Gasteiger charge is 2.42. The van der Waals surface area contributed by atoms with E-state index in [0.717, 1.165) is 49.7 Å². The number of nitro groups is 1. The molecule has 0 radical (unpaired) electrons. The molecule has 0 spiro atoms. The summed E-state index contributed by atoms with van der Waals surface area (Å²) < 4.78 is 0. The van der Waals surface area contributed by atoms with Crippen molar-refractivity contribution in [3.05, 3.63) is 34.4 Å². The highest BCUT2D eigenvalue weighted by molar-refractivity contribution is 5.51. The van der Waals surface area contributed by atoms with Gasteiger partial charge in [-0.1, -0.05) is 6.42 Å². The van der Waals surface area contributed by atoms with E-state index in [9.17, 15) is 10.1 Å². The maximum absolute atomic E-state index is 10.7. The van der Waals surface area contributed by atoms with Gasteiger partial charge in [-0.25, -0.2) is 0 Å². The van der Waals surface area contributed by atoms with E-state index in [4.69, 9.17) is 0 Å². The highest BCUT2D eigenvalue weighted by Crippen LogP contribution is 2.46. The molecule has 3 fully saturated rings. The van der Waals surface area contributed by atoms with Crippen molar-refractivity contribution in [2.75, 3.05) is 31.1 Å². The molecule has 0 amide bonds. The van der Waals surface area contributed by atoms with Gasteiger partial charge < -0.3 is 4.90 Å². The molecular weight excluding hydrogens is 278 g/mol. The molecule has 3 atom stereocenters. The molecule has 2 aliphatic carbocycles. The quantitative estimate of drug-likeness (QED) is 0.636. The summed E-state index contributed by atoms with van der Waals surface area (Å²) in [5, 5.41) is 10.7. The summed E-state index contributed by atoms with van der Waals surface area (Å²) in [4.78, 5) is 15.4. The summed E-state index contributed by atoms with van der Waals surface area (Å²) in [7, 11) is 0. The number of benzene rings is 1. The smallest absolute Gasteiger partial charge is 0.269 e. The third-order valence-corrected chi connectivity index (χ3v) is 5.91. The minimum Gasteiger partial charge on any atom is -0.369 e. The predicted molar refractivity (Wildman–Crippen MR) is 86.1 cm³/mol. The van der Waals surface area contributed by atoms with Crippen LogP contribution < -0.4 is 4.90 Å². The molecule has 0 N–H and O–H groups in total. The molecule has 0 unspecified atom stereocenters. The van der Waals surface area contributed by atoms with Crippen LogP contribution in [0.25, 0.3) is 0 Å². The zero-order valence-electron chi connectivity index (χ0n) is 12.9. The number of anilines is 1. The van der Waals surface area contributed by atoms with Crippen LogP contribution in [0, 0.1) is 22.0 Å². The van der Waals surface area contributed by atoms with Crippen molar-refractivity contribution in [3.63, 3.8) is 0 Å². The second kappa shape index (κ2) is 5.54. The Balaban J connectivity index is 1.36. The van der Waals surface area contributed by atoms with Crippen LogP contribution >= 0.6 is 0 Å². The number of rotatable bonds is 3. The van der Waals surface area contributed by atoms with E-state index in [-0.39, 0.29) is 10.6 Å². The molecule has 5 heteroatoms. The minimum absolute atomic E-state index is 0.171. The van der Waals surface area contributed by atoms with Gasteiger partial charge in [0.1, 0.15) is 0 Å². The van der Waals surface area contributed by atoms with Crippen LogP contribution in [0.2, 0.25) is 0 Å². The first-order valence-corrected chi connectivity index (χ1v) is 8.44. The van der Waals surface area contributed by atoms with Crippen LogP contribution in [0.15, 0.2) is 24.3 Å². The molecule has 3 aliphatic rings. The molecule has 1 heterocycles. The van der Waals surface area contributed by atoms with Crippen LogP contribution in [-0.2, 0) is 0 Å². The molecule has 4 rings (SSSR count). The van der Waals surface area contributed by atoms with E-state index in [2.05, 4.69) is 9.80 Å². The molecule has 22 heavy (non-hydrogen) atoms. The van der Waals surface area contributed by atoms with E-state index in [0.29, 0.717) is 0 Å². The first-order chi connectivity index (χ1) is 10.7. The number of non-ortho nitro benzene ring substituents is 1. The SMILES string of the molecule is O=[N+]([O-])c1ccc(N2CCN([C@@H]3C[C@H]4CC[C@H]3C4)CC2)cc1. The predicted octanol–water partition coefficient (Wildman–Crippen LogP) is 2.91. The molecule has 1 saturated heterocycles. The van der Waals surface area contributed by atoms with Gasteiger partial charge in [0.25, 0.3) is 5.69 Å². The van der Waals surface area contributed by atoms with Gasteiger partial charge in [0.2, 0.25) is 0 Å². The largest absolute Gasteiger partial charge is 0.369 e. The topological polar surface area (TPSA) is 49.6 Å². The van der Waals surface area contributed by atoms with Crippen molar-refractivity contribution in [3.8, 4) is 0 Å². The molecule has 1 aromatic rings. The maximum atomic E-state index is 10.7. The van der Waals surface area contributed by atoms with Gasteiger partial charge in [0.05, 0.1) is 4.92 Å². The fraction of sp³-hybridized carbons (Fsp3) is 0.647. The van der Waals surface area contributed by atoms with Gasteiger partial charge in [-0.2, -0.15) is 0 Å². The lowest BCUT2D eigenvalue weighted by Crippen LogP contribution is -2.51. The fourth-order valence-corrected chi connectivity index (χ4v) is 4.76. The number of nitrogens with zero attached hydrogens (tertiary/aromatic N) is 3. The van der Waals surface area contributed by atoms with Gasteiger partial charge >= 0.3 is 0 Å². The lowest BCUT2D eigenvalue weighted by molar-refractivity contribution is -0.384. The van der Waals surface area contributed by atoms with Gasteiger partial charge in [-0.05, 0) is 43.2 Å². The molecule has 1 aromatic carbocycles. The van der Waals surface area contributed by atoms with Gasteiger partial charge in [-0.3, -0.25) is 15.0 Å². The third-order valence-electron chi connectivity index (χ3n) is 5.91. The first kappa shape index (κ1) is 14.0. The van der Waals surface area contributed by atoms with E-state index in [1.54, 1.807) is 12.1 Å². The monoisotopic (exact) mass is 301 g/mol. The summed E-state index contributed by atoms with van der Waals surface area (Å²) >= 11 is 0. The van der Waals surface area contributed by atoms with Crippen LogP contribution in [-0.4, -0.2) is 42.0 Å². The lowest BCUT2D eigenvalue weighted by atomic mass is 9.93. The van der Waals surface area contributed by atoms with E-state index in [1.165, 1.54) is 25.7 Å². The van der Waals surface area contributed by atoms with Gasteiger partial charge in [0, 0.05) is 50.0 Å². The normalized spacial score (nSPS) is 31.6. The maximum Gasteiger partial charge on any atom is 0.269 e. The zero-order chi connectivity index (χ0) is 15.1. The molecule has 2 bridgehead atoms. The molecule has 0 aromatic heterocycles. The van der Waals surface area contributed by atoms with Crippen molar-refractivity contribution in [2.24, 2.45) is 11.8 Å². The molecule has 2 saturated carbocycles. The van der Waals surface area contributed by atoms with Crippen LogP contribution in [0.4, 0.5) is 11.4 Å². The summed E-state index contributed by atoms with van der Waals surface area (Å²) in [5.74, 6) is 1.96. The molecular formula is C17H23N3O2. The Bertz CT molecular complexity index is 552. The summed E-state index contributed by atoms with van der Waals surface area (Å²) in [6.07, 6.45) is 5.79. The van der Waals surface area contributed by atoms with E-state index >= 15 is 0 Å². The number of nitro benzene ring substituents is 1. The first-order valence-electron chi connectivity index (χ1n) is 8.44.